The number of unbranched alkanes of at least 4 members (excludes halogenated alkanes) is 1. The first-order chi connectivity index (χ1) is 9.58. The van der Waals surface area contributed by atoms with Crippen molar-refractivity contribution in [3.63, 3.8) is 0 Å². The number of hydrogen-bond acceptors (Lipinski definition) is 3. The van der Waals surface area contributed by atoms with E-state index in [9.17, 15) is 9.59 Å². The second-order valence-electron chi connectivity index (χ2n) is 4.86. The van der Waals surface area contributed by atoms with E-state index in [-0.39, 0.29) is 11.8 Å². The second kappa shape index (κ2) is 5.90. The van der Waals surface area contributed by atoms with Gasteiger partial charge in [0.2, 0.25) is 0 Å². The Kier molecular flexibility index (Phi) is 4.23. The normalized spacial score (nSPS) is 10.8. The van der Waals surface area contributed by atoms with Crippen LogP contribution in [0, 0.1) is 0 Å². The number of aromatic nitrogens is 1. The van der Waals surface area contributed by atoms with E-state index in [4.69, 9.17) is 4.74 Å². The van der Waals surface area contributed by atoms with Crippen molar-refractivity contribution in [3.8, 4) is 0 Å². The molecule has 0 aliphatic rings. The maximum atomic E-state index is 11.8. The largest absolute Gasteiger partial charge is 0.465 e. The van der Waals surface area contributed by atoms with E-state index in [1.165, 1.54) is 7.11 Å². The van der Waals surface area contributed by atoms with Gasteiger partial charge in [0.1, 0.15) is 0 Å². The van der Waals surface area contributed by atoms with Gasteiger partial charge in [0.25, 0.3) is 0 Å². The lowest BCUT2D eigenvalue weighted by molar-refractivity contribution is 0.0600. The molecule has 2 aromatic rings. The highest BCUT2D eigenvalue weighted by molar-refractivity contribution is 6.00. The highest BCUT2D eigenvalue weighted by atomic mass is 16.5. The van der Waals surface area contributed by atoms with Gasteiger partial charge < -0.3 is 9.30 Å². The van der Waals surface area contributed by atoms with E-state index in [1.807, 2.05) is 16.7 Å². The molecule has 20 heavy (non-hydrogen) atoms. The zero-order valence-corrected chi connectivity index (χ0v) is 12.1. The molecule has 1 aromatic carbocycles. The molecular formula is C16H19NO3. The Bertz CT molecular complexity index is 655. The molecule has 0 bridgehead atoms. The molecule has 0 spiro atoms. The highest BCUT2D eigenvalue weighted by Gasteiger charge is 2.14. The maximum Gasteiger partial charge on any atom is 0.337 e. The molecule has 1 aromatic heterocycles. The first-order valence-electron chi connectivity index (χ1n) is 6.81. The smallest absolute Gasteiger partial charge is 0.337 e. The van der Waals surface area contributed by atoms with Crippen molar-refractivity contribution in [1.82, 2.24) is 4.57 Å². The zero-order chi connectivity index (χ0) is 14.7. The van der Waals surface area contributed by atoms with Crippen LogP contribution in [0.25, 0.3) is 10.9 Å². The van der Waals surface area contributed by atoms with Crippen LogP contribution in [0.5, 0.6) is 0 Å². The van der Waals surface area contributed by atoms with Gasteiger partial charge in [0.05, 0.1) is 18.4 Å². The van der Waals surface area contributed by atoms with Gasteiger partial charge in [-0.25, -0.2) is 4.79 Å². The fourth-order valence-electron chi connectivity index (χ4n) is 2.35. The topological polar surface area (TPSA) is 48.3 Å². The van der Waals surface area contributed by atoms with Crippen LogP contribution in [-0.2, 0) is 11.3 Å². The third-order valence-electron chi connectivity index (χ3n) is 3.42. The van der Waals surface area contributed by atoms with E-state index in [0.29, 0.717) is 11.3 Å². The minimum Gasteiger partial charge on any atom is -0.465 e. The average molecular weight is 273 g/mol. The molecule has 0 aliphatic heterocycles. The molecule has 0 atom stereocenters. The summed E-state index contributed by atoms with van der Waals surface area (Å²) in [5.74, 6) is -0.323. The quantitative estimate of drug-likeness (QED) is 0.619. The van der Waals surface area contributed by atoms with E-state index < -0.39 is 0 Å². The lowest BCUT2D eigenvalue weighted by Crippen LogP contribution is -2.07. The maximum absolute atomic E-state index is 11.8. The van der Waals surface area contributed by atoms with Gasteiger partial charge in [0, 0.05) is 24.4 Å². The molecule has 0 unspecified atom stereocenters. The van der Waals surface area contributed by atoms with E-state index in [1.54, 1.807) is 19.1 Å². The summed E-state index contributed by atoms with van der Waals surface area (Å²) >= 11 is 0. The zero-order valence-electron chi connectivity index (χ0n) is 12.1. The fraction of sp³-hybridized carbons (Fsp3) is 0.375. The van der Waals surface area contributed by atoms with Crippen molar-refractivity contribution < 1.29 is 14.3 Å². The summed E-state index contributed by atoms with van der Waals surface area (Å²) in [7, 11) is 1.36. The number of ether oxygens (including phenoxy) is 1. The van der Waals surface area contributed by atoms with E-state index in [0.717, 1.165) is 30.3 Å². The van der Waals surface area contributed by atoms with E-state index >= 15 is 0 Å². The Morgan fingerprint density at radius 2 is 2.00 bits per heavy atom. The molecule has 0 N–H and O–H groups in total. The fourth-order valence-corrected chi connectivity index (χ4v) is 2.35. The molecule has 106 valence electrons. The van der Waals surface area contributed by atoms with Gasteiger partial charge in [-0.2, -0.15) is 0 Å². The minimum absolute atomic E-state index is 0.0388. The van der Waals surface area contributed by atoms with Gasteiger partial charge in [-0.15, -0.1) is 0 Å². The third kappa shape index (κ3) is 2.59. The lowest BCUT2D eigenvalue weighted by Gasteiger charge is -2.08. The molecular weight excluding hydrogens is 254 g/mol. The van der Waals surface area contributed by atoms with Crippen LogP contribution in [0.4, 0.5) is 0 Å². The number of methoxy groups -OCH3 is 1. The van der Waals surface area contributed by atoms with Gasteiger partial charge in [-0.3, -0.25) is 4.79 Å². The first-order valence-corrected chi connectivity index (χ1v) is 6.81. The van der Waals surface area contributed by atoms with Crippen molar-refractivity contribution in [1.29, 1.82) is 0 Å². The third-order valence-corrected chi connectivity index (χ3v) is 3.42. The highest BCUT2D eigenvalue weighted by Crippen LogP contribution is 2.23. The number of benzene rings is 1. The number of ketones is 1. The van der Waals surface area contributed by atoms with Crippen LogP contribution in [0.1, 0.15) is 47.5 Å². The Balaban J connectivity index is 2.59. The molecule has 0 saturated carbocycles. The average Bonchev–Trinajstić information content (AvgIpc) is 2.82. The lowest BCUT2D eigenvalue weighted by atomic mass is 10.1. The molecule has 2 rings (SSSR count). The van der Waals surface area contributed by atoms with Crippen LogP contribution >= 0.6 is 0 Å². The number of hydrogen-bond donors (Lipinski definition) is 0. The standard InChI is InChI=1S/C16H19NO3/c1-4-5-8-17-14(11(2)18)9-12-6-7-13(10-15(12)17)16(19)20-3/h6-7,9-10H,4-5,8H2,1-3H3. The predicted molar refractivity (Wildman–Crippen MR) is 78.2 cm³/mol. The Hall–Kier alpha value is -2.10. The molecule has 1 heterocycles. The number of Topliss-reactive ketones (excluding diaryl/α,β-unsaturated/α-hetero) is 1. The van der Waals surface area contributed by atoms with Crippen LogP contribution < -0.4 is 0 Å². The molecule has 0 amide bonds. The predicted octanol–water partition coefficient (Wildman–Crippen LogP) is 3.43. The summed E-state index contributed by atoms with van der Waals surface area (Å²) in [4.78, 5) is 23.4. The van der Waals surface area contributed by atoms with Gasteiger partial charge in [-0.05, 0) is 24.6 Å². The van der Waals surface area contributed by atoms with Crippen molar-refractivity contribution in [2.24, 2.45) is 0 Å². The summed E-state index contributed by atoms with van der Waals surface area (Å²) in [5, 5.41) is 0.971. The molecule has 4 heteroatoms. The second-order valence-corrected chi connectivity index (χ2v) is 4.86. The first kappa shape index (κ1) is 14.3. The number of rotatable bonds is 5. The van der Waals surface area contributed by atoms with Crippen molar-refractivity contribution >= 4 is 22.7 Å². The number of nitrogens with zero attached hydrogens (tertiary/aromatic N) is 1. The van der Waals surface area contributed by atoms with Crippen LogP contribution in [0.3, 0.4) is 0 Å². The summed E-state index contributed by atoms with van der Waals surface area (Å²) in [6, 6.07) is 7.26. The number of carbonyl (C=O) groups is 2. The summed E-state index contributed by atoms with van der Waals surface area (Å²) < 4.78 is 6.74. The number of fused-ring (bicyclic) bond motifs is 1. The molecule has 0 saturated heterocycles. The minimum atomic E-state index is -0.362. The van der Waals surface area contributed by atoms with Crippen molar-refractivity contribution in [2.45, 2.75) is 33.2 Å². The molecule has 0 radical (unpaired) electrons. The molecule has 4 nitrogen and oxygen atoms in total. The van der Waals surface area contributed by atoms with Gasteiger partial charge in [-0.1, -0.05) is 19.4 Å². The monoisotopic (exact) mass is 273 g/mol. The summed E-state index contributed by atoms with van der Waals surface area (Å²) in [6.45, 7) is 4.45. The number of aryl methyl sites for hydroxylation is 1. The summed E-state index contributed by atoms with van der Waals surface area (Å²) in [6.07, 6.45) is 2.04. The Morgan fingerprint density at radius 1 is 1.25 bits per heavy atom. The van der Waals surface area contributed by atoms with Crippen LogP contribution in [0.2, 0.25) is 0 Å². The van der Waals surface area contributed by atoms with Crippen molar-refractivity contribution in [3.05, 3.63) is 35.5 Å². The SMILES string of the molecule is CCCCn1c(C(C)=O)cc2ccc(C(=O)OC)cc21. The van der Waals surface area contributed by atoms with Crippen molar-refractivity contribution in [2.75, 3.05) is 7.11 Å². The number of carbonyl (C=O) groups excluding carboxylic acids is 2. The Labute approximate surface area is 118 Å². The molecule has 0 fully saturated rings. The summed E-state index contributed by atoms with van der Waals surface area (Å²) in [5.41, 5.74) is 2.10. The van der Waals surface area contributed by atoms with E-state index in [2.05, 4.69) is 6.92 Å². The van der Waals surface area contributed by atoms with Gasteiger partial charge in [0.15, 0.2) is 5.78 Å². The number of esters is 1. The Morgan fingerprint density at radius 3 is 2.60 bits per heavy atom. The van der Waals surface area contributed by atoms with Gasteiger partial charge >= 0.3 is 5.97 Å². The molecule has 0 aliphatic carbocycles. The van der Waals surface area contributed by atoms with Crippen LogP contribution in [0.15, 0.2) is 24.3 Å². The van der Waals surface area contributed by atoms with Crippen LogP contribution in [-0.4, -0.2) is 23.4 Å².